The van der Waals surface area contributed by atoms with Crippen molar-refractivity contribution >= 4 is 33.4 Å². The molecule has 1 unspecified atom stereocenters. The summed E-state index contributed by atoms with van der Waals surface area (Å²) in [6.45, 7) is 0.498. The second-order valence-electron chi connectivity index (χ2n) is 4.37. The Labute approximate surface area is 119 Å². The van der Waals surface area contributed by atoms with E-state index in [1.807, 2.05) is 24.3 Å². The molecule has 1 aromatic rings. The van der Waals surface area contributed by atoms with Crippen LogP contribution >= 0.6 is 15.9 Å². The van der Waals surface area contributed by atoms with Crippen molar-refractivity contribution in [2.45, 2.75) is 6.42 Å². The second kappa shape index (κ2) is 6.16. The molecule has 5 nitrogen and oxygen atoms in total. The summed E-state index contributed by atoms with van der Waals surface area (Å²) in [4.78, 5) is 25.4. The molecule has 102 valence electrons. The molecule has 2 rings (SSSR count). The van der Waals surface area contributed by atoms with E-state index in [9.17, 15) is 9.59 Å². The van der Waals surface area contributed by atoms with E-state index in [4.69, 9.17) is 5.11 Å². The number of aliphatic hydroxyl groups excluding tert-OH is 1. The van der Waals surface area contributed by atoms with Crippen LogP contribution in [0.4, 0.5) is 5.69 Å². The number of carbonyl (C=O) groups is 2. The lowest BCUT2D eigenvalue weighted by atomic mass is 10.1. The van der Waals surface area contributed by atoms with Gasteiger partial charge in [-0.05, 0) is 28.1 Å². The molecule has 1 saturated heterocycles. The number of para-hydroxylation sites is 1. The fraction of sp³-hybridized carbons (Fsp3) is 0.385. The van der Waals surface area contributed by atoms with Crippen molar-refractivity contribution in [1.82, 2.24) is 5.32 Å². The summed E-state index contributed by atoms with van der Waals surface area (Å²) in [5.74, 6) is -0.598. The Balaban J connectivity index is 2.08. The summed E-state index contributed by atoms with van der Waals surface area (Å²) in [5, 5.41) is 11.3. The minimum atomic E-state index is -0.355. The van der Waals surface area contributed by atoms with Gasteiger partial charge in [-0.3, -0.25) is 9.59 Å². The number of aliphatic hydroxyl groups is 1. The number of rotatable bonds is 4. The third-order valence-electron chi connectivity index (χ3n) is 3.05. The maximum atomic E-state index is 12.0. The van der Waals surface area contributed by atoms with Gasteiger partial charge >= 0.3 is 0 Å². The Kier molecular flexibility index (Phi) is 4.55. The fourth-order valence-corrected chi connectivity index (χ4v) is 2.61. The van der Waals surface area contributed by atoms with Crippen molar-refractivity contribution in [2.24, 2.45) is 5.92 Å². The normalized spacial score (nSPS) is 18.7. The molecule has 0 bridgehead atoms. The number of nitrogens with one attached hydrogen (secondary N) is 1. The van der Waals surface area contributed by atoms with Crippen molar-refractivity contribution in [3.63, 3.8) is 0 Å². The summed E-state index contributed by atoms with van der Waals surface area (Å²) < 4.78 is 0.833. The zero-order chi connectivity index (χ0) is 13.8. The van der Waals surface area contributed by atoms with Crippen molar-refractivity contribution in [3.05, 3.63) is 28.7 Å². The molecule has 0 saturated carbocycles. The molecule has 1 aliphatic rings. The van der Waals surface area contributed by atoms with Gasteiger partial charge in [0.2, 0.25) is 11.8 Å². The van der Waals surface area contributed by atoms with Crippen LogP contribution in [0.3, 0.4) is 0 Å². The molecule has 1 heterocycles. The van der Waals surface area contributed by atoms with Crippen molar-refractivity contribution in [1.29, 1.82) is 0 Å². The lowest BCUT2D eigenvalue weighted by Gasteiger charge is -2.18. The van der Waals surface area contributed by atoms with E-state index in [0.717, 1.165) is 10.2 Å². The van der Waals surface area contributed by atoms with Crippen LogP contribution in [0.5, 0.6) is 0 Å². The molecule has 0 aromatic heterocycles. The number of anilines is 1. The Morgan fingerprint density at radius 2 is 2.21 bits per heavy atom. The van der Waals surface area contributed by atoms with Crippen LogP contribution in [0.2, 0.25) is 0 Å². The smallest absolute Gasteiger partial charge is 0.227 e. The number of hydrogen-bond donors (Lipinski definition) is 2. The Bertz CT molecular complexity index is 493. The highest BCUT2D eigenvalue weighted by atomic mass is 79.9. The van der Waals surface area contributed by atoms with Gasteiger partial charge in [0.15, 0.2) is 0 Å². The molecule has 1 atom stereocenters. The van der Waals surface area contributed by atoms with Gasteiger partial charge in [0.25, 0.3) is 0 Å². The standard InChI is InChI=1S/C13H15BrN2O3/c14-10-3-1-2-4-11(10)16-8-9(7-12(16)18)13(19)15-5-6-17/h1-4,9,17H,5-8H2,(H,15,19). The van der Waals surface area contributed by atoms with Gasteiger partial charge in [-0.15, -0.1) is 0 Å². The molecule has 0 radical (unpaired) electrons. The average Bonchev–Trinajstić information content (AvgIpc) is 2.78. The Morgan fingerprint density at radius 3 is 2.89 bits per heavy atom. The van der Waals surface area contributed by atoms with E-state index in [1.165, 1.54) is 0 Å². The number of amides is 2. The maximum Gasteiger partial charge on any atom is 0.227 e. The van der Waals surface area contributed by atoms with Gasteiger partial charge in [0, 0.05) is 24.0 Å². The highest BCUT2D eigenvalue weighted by molar-refractivity contribution is 9.10. The summed E-state index contributed by atoms with van der Waals surface area (Å²) in [5.41, 5.74) is 0.782. The van der Waals surface area contributed by atoms with Crippen molar-refractivity contribution in [3.8, 4) is 0 Å². The second-order valence-corrected chi connectivity index (χ2v) is 5.23. The zero-order valence-corrected chi connectivity index (χ0v) is 11.9. The highest BCUT2D eigenvalue weighted by Crippen LogP contribution is 2.31. The van der Waals surface area contributed by atoms with Gasteiger partial charge in [-0.2, -0.15) is 0 Å². The van der Waals surface area contributed by atoms with Crippen LogP contribution in [-0.4, -0.2) is 36.6 Å². The summed E-state index contributed by atoms with van der Waals surface area (Å²) in [6, 6.07) is 7.43. The van der Waals surface area contributed by atoms with Gasteiger partial charge in [-0.25, -0.2) is 0 Å². The molecule has 19 heavy (non-hydrogen) atoms. The van der Waals surface area contributed by atoms with Crippen LogP contribution in [0.1, 0.15) is 6.42 Å². The van der Waals surface area contributed by atoms with E-state index in [0.29, 0.717) is 6.54 Å². The van der Waals surface area contributed by atoms with Gasteiger partial charge in [0.1, 0.15) is 0 Å². The largest absolute Gasteiger partial charge is 0.395 e. The number of hydrogen-bond acceptors (Lipinski definition) is 3. The van der Waals surface area contributed by atoms with E-state index < -0.39 is 0 Å². The lowest BCUT2D eigenvalue weighted by molar-refractivity contribution is -0.126. The Morgan fingerprint density at radius 1 is 1.47 bits per heavy atom. The van der Waals surface area contributed by atoms with Gasteiger partial charge in [-0.1, -0.05) is 12.1 Å². The maximum absolute atomic E-state index is 12.0. The van der Waals surface area contributed by atoms with E-state index >= 15 is 0 Å². The van der Waals surface area contributed by atoms with E-state index in [1.54, 1.807) is 4.90 Å². The average molecular weight is 327 g/mol. The fourth-order valence-electron chi connectivity index (χ4n) is 2.11. The molecular formula is C13H15BrN2O3. The number of halogens is 1. The predicted molar refractivity (Wildman–Crippen MR) is 74.7 cm³/mol. The number of carbonyl (C=O) groups excluding carboxylic acids is 2. The van der Waals surface area contributed by atoms with Crippen LogP contribution in [0.25, 0.3) is 0 Å². The first-order valence-electron chi connectivity index (χ1n) is 6.07. The summed E-state index contributed by atoms with van der Waals surface area (Å²) in [7, 11) is 0. The first-order valence-corrected chi connectivity index (χ1v) is 6.86. The molecule has 2 amide bonds. The van der Waals surface area contributed by atoms with Crippen LogP contribution in [0.15, 0.2) is 28.7 Å². The molecule has 0 aliphatic carbocycles. The molecule has 6 heteroatoms. The number of nitrogens with zero attached hydrogens (tertiary/aromatic N) is 1. The van der Waals surface area contributed by atoms with E-state index in [-0.39, 0.29) is 37.3 Å². The van der Waals surface area contributed by atoms with Crippen LogP contribution in [-0.2, 0) is 9.59 Å². The molecule has 2 N–H and O–H groups in total. The molecule has 1 fully saturated rings. The van der Waals surface area contributed by atoms with Crippen molar-refractivity contribution < 1.29 is 14.7 Å². The van der Waals surface area contributed by atoms with Gasteiger partial charge in [0.05, 0.1) is 18.2 Å². The first-order chi connectivity index (χ1) is 9.13. The SMILES string of the molecule is O=C(NCCO)C1CC(=O)N(c2ccccc2Br)C1. The first kappa shape index (κ1) is 14.0. The number of benzene rings is 1. The van der Waals surface area contributed by atoms with Gasteiger partial charge < -0.3 is 15.3 Å². The molecule has 1 aliphatic heterocycles. The summed E-state index contributed by atoms with van der Waals surface area (Å²) >= 11 is 3.41. The topological polar surface area (TPSA) is 69.6 Å². The molecular weight excluding hydrogens is 312 g/mol. The minimum Gasteiger partial charge on any atom is -0.395 e. The van der Waals surface area contributed by atoms with Crippen LogP contribution in [0, 0.1) is 5.92 Å². The quantitative estimate of drug-likeness (QED) is 0.864. The third kappa shape index (κ3) is 3.13. The zero-order valence-electron chi connectivity index (χ0n) is 10.3. The summed E-state index contributed by atoms with van der Waals surface area (Å²) in [6.07, 6.45) is 0.207. The van der Waals surface area contributed by atoms with E-state index in [2.05, 4.69) is 21.2 Å². The predicted octanol–water partition coefficient (Wildman–Crippen LogP) is 0.910. The monoisotopic (exact) mass is 326 g/mol. The van der Waals surface area contributed by atoms with Crippen LogP contribution < -0.4 is 10.2 Å². The minimum absolute atomic E-state index is 0.0592. The molecule has 0 spiro atoms. The third-order valence-corrected chi connectivity index (χ3v) is 3.72. The highest BCUT2D eigenvalue weighted by Gasteiger charge is 2.35. The van der Waals surface area contributed by atoms with Crippen molar-refractivity contribution in [2.75, 3.05) is 24.6 Å². The Hall–Kier alpha value is -1.40. The lowest BCUT2D eigenvalue weighted by Crippen LogP contribution is -2.34. The molecule has 1 aromatic carbocycles.